The van der Waals surface area contributed by atoms with Gasteiger partial charge in [0.1, 0.15) is 17.5 Å². The number of rotatable bonds is 8. The van der Waals surface area contributed by atoms with E-state index in [9.17, 15) is 0 Å². The molecule has 8 nitrogen and oxygen atoms in total. The summed E-state index contributed by atoms with van der Waals surface area (Å²) in [5.74, 6) is 2.35. The van der Waals surface area contributed by atoms with Crippen LogP contribution >= 0.6 is 0 Å². The normalized spacial score (nSPS) is 16.2. The van der Waals surface area contributed by atoms with E-state index in [1.54, 1.807) is 14.2 Å². The van der Waals surface area contributed by atoms with Crippen molar-refractivity contribution in [2.75, 3.05) is 46.9 Å². The van der Waals surface area contributed by atoms with Gasteiger partial charge in [-0.1, -0.05) is 37.3 Å². The molecular weight excluding hydrogens is 392 g/mol. The van der Waals surface area contributed by atoms with Gasteiger partial charge >= 0.3 is 0 Å². The molecule has 0 unspecified atom stereocenters. The second-order valence-electron chi connectivity index (χ2n) is 7.66. The molecule has 1 aromatic heterocycles. The Balaban J connectivity index is 1.73. The average Bonchev–Trinajstić information content (AvgIpc) is 3.28. The lowest BCUT2D eigenvalue weighted by atomic mass is 10.0. The summed E-state index contributed by atoms with van der Waals surface area (Å²) in [5.41, 5.74) is 2.20. The number of ether oxygens (including phenoxy) is 2. The van der Waals surface area contributed by atoms with Gasteiger partial charge in [0.25, 0.3) is 0 Å². The Morgan fingerprint density at radius 2 is 1.74 bits per heavy atom. The summed E-state index contributed by atoms with van der Waals surface area (Å²) in [6.45, 7) is 7.80. The molecule has 164 valence electrons. The predicted octanol–water partition coefficient (Wildman–Crippen LogP) is 2.47. The Kier molecular flexibility index (Phi) is 6.79. The van der Waals surface area contributed by atoms with Crippen LogP contribution in [0.4, 0.5) is 0 Å². The van der Waals surface area contributed by atoms with E-state index in [-0.39, 0.29) is 6.04 Å². The molecule has 4 rings (SSSR count). The number of piperazine rings is 1. The number of aromatic nitrogens is 4. The second-order valence-corrected chi connectivity index (χ2v) is 7.66. The minimum atomic E-state index is -0.112. The topological polar surface area (TPSA) is 68.5 Å². The SMILES string of the molecule is CCN1CCN([C@H](c2ccc(OC)cc2OC)c2nnnn2Cc2ccccc2)CC1. The van der Waals surface area contributed by atoms with Crippen LogP contribution in [0.15, 0.2) is 48.5 Å². The van der Waals surface area contributed by atoms with Gasteiger partial charge in [0.05, 0.1) is 20.8 Å². The van der Waals surface area contributed by atoms with E-state index in [0.717, 1.165) is 61.2 Å². The van der Waals surface area contributed by atoms with Crippen molar-refractivity contribution in [1.29, 1.82) is 0 Å². The van der Waals surface area contributed by atoms with E-state index >= 15 is 0 Å². The summed E-state index contributed by atoms with van der Waals surface area (Å²) in [6.07, 6.45) is 0. The number of tetrazole rings is 1. The van der Waals surface area contributed by atoms with Crippen LogP contribution < -0.4 is 9.47 Å². The quantitative estimate of drug-likeness (QED) is 0.552. The molecule has 0 bridgehead atoms. The van der Waals surface area contributed by atoms with Crippen molar-refractivity contribution in [3.8, 4) is 11.5 Å². The van der Waals surface area contributed by atoms with Crippen molar-refractivity contribution < 1.29 is 9.47 Å². The van der Waals surface area contributed by atoms with Gasteiger partial charge in [0.2, 0.25) is 0 Å². The standard InChI is InChI=1S/C23H30N6O2/c1-4-27-12-14-28(15-13-27)22(20-11-10-19(30-2)16-21(20)31-3)23-24-25-26-29(23)17-18-8-6-5-7-9-18/h5-11,16,22H,4,12-15,17H2,1-3H3/t22-/m1/s1. The maximum absolute atomic E-state index is 5.76. The highest BCUT2D eigenvalue weighted by atomic mass is 16.5. The van der Waals surface area contributed by atoms with E-state index in [4.69, 9.17) is 9.47 Å². The second kappa shape index (κ2) is 9.89. The summed E-state index contributed by atoms with van der Waals surface area (Å²) >= 11 is 0. The van der Waals surface area contributed by atoms with E-state index in [1.165, 1.54) is 0 Å². The first-order chi connectivity index (χ1) is 15.2. The van der Waals surface area contributed by atoms with E-state index in [2.05, 4.69) is 50.4 Å². The van der Waals surface area contributed by atoms with Crippen molar-refractivity contribution in [2.24, 2.45) is 0 Å². The largest absolute Gasteiger partial charge is 0.497 e. The molecule has 0 radical (unpaired) electrons. The molecule has 0 saturated carbocycles. The van der Waals surface area contributed by atoms with Gasteiger partial charge in [-0.25, -0.2) is 4.68 Å². The molecule has 0 N–H and O–H groups in total. The highest BCUT2D eigenvalue weighted by molar-refractivity contribution is 5.44. The fraction of sp³-hybridized carbons (Fsp3) is 0.435. The van der Waals surface area contributed by atoms with Crippen LogP contribution in [0.1, 0.15) is 29.9 Å². The predicted molar refractivity (Wildman–Crippen MR) is 118 cm³/mol. The summed E-state index contributed by atoms with van der Waals surface area (Å²) in [4.78, 5) is 4.91. The molecule has 1 fully saturated rings. The van der Waals surface area contributed by atoms with Crippen molar-refractivity contribution in [3.63, 3.8) is 0 Å². The molecule has 1 atom stereocenters. The third-order valence-electron chi connectivity index (χ3n) is 5.93. The van der Waals surface area contributed by atoms with E-state index in [1.807, 2.05) is 35.0 Å². The minimum Gasteiger partial charge on any atom is -0.497 e. The lowest BCUT2D eigenvalue weighted by Gasteiger charge is -2.38. The van der Waals surface area contributed by atoms with Gasteiger partial charge in [-0.2, -0.15) is 0 Å². The van der Waals surface area contributed by atoms with Crippen LogP contribution in [-0.2, 0) is 6.54 Å². The first kappa shape index (κ1) is 21.3. The Hall–Kier alpha value is -2.97. The number of likely N-dealkylation sites (N-methyl/N-ethyl adjacent to an activating group) is 1. The van der Waals surface area contributed by atoms with Gasteiger partial charge in [-0.15, -0.1) is 5.10 Å². The molecule has 1 aliphatic rings. The Bertz CT molecular complexity index is 969. The van der Waals surface area contributed by atoms with E-state index in [0.29, 0.717) is 6.54 Å². The van der Waals surface area contributed by atoms with E-state index < -0.39 is 0 Å². The van der Waals surface area contributed by atoms with Gasteiger partial charge in [0, 0.05) is 37.8 Å². The molecule has 0 amide bonds. The molecule has 2 aromatic carbocycles. The monoisotopic (exact) mass is 422 g/mol. The molecule has 1 saturated heterocycles. The average molecular weight is 423 g/mol. The fourth-order valence-electron chi connectivity index (χ4n) is 4.16. The van der Waals surface area contributed by atoms with Crippen molar-refractivity contribution in [3.05, 3.63) is 65.5 Å². The van der Waals surface area contributed by atoms with Gasteiger partial charge in [-0.3, -0.25) is 4.90 Å². The summed E-state index contributed by atoms with van der Waals surface area (Å²) in [7, 11) is 3.35. The van der Waals surface area contributed by atoms with Crippen molar-refractivity contribution in [2.45, 2.75) is 19.5 Å². The molecule has 31 heavy (non-hydrogen) atoms. The zero-order valence-corrected chi connectivity index (χ0v) is 18.4. The van der Waals surface area contributed by atoms with Crippen molar-refractivity contribution in [1.82, 2.24) is 30.0 Å². The van der Waals surface area contributed by atoms with Crippen LogP contribution in [0.25, 0.3) is 0 Å². The van der Waals surface area contributed by atoms with Crippen LogP contribution in [-0.4, -0.2) is 77.0 Å². The Labute approximate surface area is 183 Å². The van der Waals surface area contributed by atoms with Crippen molar-refractivity contribution >= 4 is 0 Å². The minimum absolute atomic E-state index is 0.112. The lowest BCUT2D eigenvalue weighted by Crippen LogP contribution is -2.48. The lowest BCUT2D eigenvalue weighted by molar-refractivity contribution is 0.107. The first-order valence-electron chi connectivity index (χ1n) is 10.7. The Morgan fingerprint density at radius 3 is 2.42 bits per heavy atom. The number of nitrogens with zero attached hydrogens (tertiary/aromatic N) is 6. The molecular formula is C23H30N6O2. The summed E-state index contributed by atoms with van der Waals surface area (Å²) in [6, 6.07) is 16.1. The first-order valence-corrected chi connectivity index (χ1v) is 10.7. The van der Waals surface area contributed by atoms with Crippen LogP contribution in [0.3, 0.4) is 0 Å². The Morgan fingerprint density at radius 1 is 0.968 bits per heavy atom. The van der Waals surface area contributed by atoms with Crippen LogP contribution in [0.5, 0.6) is 11.5 Å². The summed E-state index contributed by atoms with van der Waals surface area (Å²) < 4.78 is 13.1. The van der Waals surface area contributed by atoms with Crippen LogP contribution in [0, 0.1) is 0 Å². The van der Waals surface area contributed by atoms with Gasteiger partial charge in [-0.05, 0) is 34.7 Å². The van der Waals surface area contributed by atoms with Gasteiger partial charge in [0.15, 0.2) is 5.82 Å². The number of benzene rings is 2. The maximum atomic E-state index is 5.76. The summed E-state index contributed by atoms with van der Waals surface area (Å²) in [5, 5.41) is 12.8. The third-order valence-corrected chi connectivity index (χ3v) is 5.93. The number of hydrogen-bond donors (Lipinski definition) is 0. The highest BCUT2D eigenvalue weighted by Crippen LogP contribution is 2.36. The molecule has 1 aliphatic heterocycles. The smallest absolute Gasteiger partial charge is 0.173 e. The molecule has 0 aliphatic carbocycles. The van der Waals surface area contributed by atoms with Crippen LogP contribution in [0.2, 0.25) is 0 Å². The zero-order chi connectivity index (χ0) is 21.6. The number of hydrogen-bond acceptors (Lipinski definition) is 7. The molecule has 8 heteroatoms. The molecule has 2 heterocycles. The zero-order valence-electron chi connectivity index (χ0n) is 18.4. The molecule has 0 spiro atoms. The fourth-order valence-corrected chi connectivity index (χ4v) is 4.16. The van der Waals surface area contributed by atoms with Gasteiger partial charge < -0.3 is 14.4 Å². The number of methoxy groups -OCH3 is 2. The molecule has 3 aromatic rings. The third kappa shape index (κ3) is 4.70. The highest BCUT2D eigenvalue weighted by Gasteiger charge is 2.32. The maximum Gasteiger partial charge on any atom is 0.173 e.